The Labute approximate surface area is 104 Å². The Morgan fingerprint density at radius 3 is 2.67 bits per heavy atom. The van der Waals surface area contributed by atoms with Crippen molar-refractivity contribution in [3.8, 4) is 11.3 Å². The summed E-state index contributed by atoms with van der Waals surface area (Å²) in [7, 11) is 0. The van der Waals surface area contributed by atoms with Gasteiger partial charge in [-0.3, -0.25) is 4.79 Å². The van der Waals surface area contributed by atoms with Crippen molar-refractivity contribution in [3.05, 3.63) is 47.8 Å². The molecule has 0 atom stereocenters. The molecule has 2 aromatic heterocycles. The molecule has 0 aliphatic heterocycles. The Morgan fingerprint density at radius 1 is 1.28 bits per heavy atom. The first-order valence-electron chi connectivity index (χ1n) is 5.81. The molecule has 0 amide bonds. The summed E-state index contributed by atoms with van der Waals surface area (Å²) in [4.78, 5) is 14.8. The molecule has 0 saturated heterocycles. The van der Waals surface area contributed by atoms with Gasteiger partial charge in [0.05, 0.1) is 5.69 Å². The zero-order valence-corrected chi connectivity index (χ0v) is 10.3. The predicted molar refractivity (Wildman–Crippen MR) is 69.7 cm³/mol. The minimum absolute atomic E-state index is 0.0152. The minimum Gasteiger partial charge on any atom is -0.342 e. The van der Waals surface area contributed by atoms with E-state index in [4.69, 9.17) is 0 Å². The number of carbonyl (C=O) groups is 1. The Bertz CT molecular complexity index is 722. The van der Waals surface area contributed by atoms with Gasteiger partial charge in [0, 0.05) is 24.2 Å². The number of nitrogens with one attached hydrogen (secondary N) is 1. The summed E-state index contributed by atoms with van der Waals surface area (Å²) < 4.78 is 1.68. The van der Waals surface area contributed by atoms with Crippen molar-refractivity contribution in [1.29, 1.82) is 0 Å². The number of aromatic nitrogens is 3. The maximum atomic E-state index is 11.6. The van der Waals surface area contributed by atoms with Crippen LogP contribution in [0.2, 0.25) is 0 Å². The lowest BCUT2D eigenvalue weighted by Gasteiger charge is -1.96. The number of aromatic amines is 1. The lowest BCUT2D eigenvalue weighted by molar-refractivity contribution is 0.101. The van der Waals surface area contributed by atoms with Gasteiger partial charge in [-0.15, -0.1) is 0 Å². The first kappa shape index (κ1) is 10.8. The van der Waals surface area contributed by atoms with E-state index in [9.17, 15) is 4.79 Å². The molecule has 1 aromatic carbocycles. The monoisotopic (exact) mass is 239 g/mol. The van der Waals surface area contributed by atoms with Gasteiger partial charge in [-0.25, -0.2) is 4.52 Å². The van der Waals surface area contributed by atoms with Crippen LogP contribution in [0.4, 0.5) is 0 Å². The van der Waals surface area contributed by atoms with E-state index in [0.717, 1.165) is 22.6 Å². The van der Waals surface area contributed by atoms with Gasteiger partial charge in [-0.05, 0) is 6.92 Å². The number of hydrogen-bond acceptors (Lipinski definition) is 2. The highest BCUT2D eigenvalue weighted by Crippen LogP contribution is 2.21. The zero-order chi connectivity index (χ0) is 12.7. The van der Waals surface area contributed by atoms with Gasteiger partial charge in [0.2, 0.25) is 0 Å². The number of rotatable bonds is 2. The maximum Gasteiger partial charge on any atom is 0.180 e. The first-order valence-corrected chi connectivity index (χ1v) is 5.81. The van der Waals surface area contributed by atoms with Crippen molar-refractivity contribution in [3.63, 3.8) is 0 Å². The molecule has 0 saturated carbocycles. The topological polar surface area (TPSA) is 50.2 Å². The van der Waals surface area contributed by atoms with Crippen LogP contribution in [0.25, 0.3) is 16.9 Å². The highest BCUT2D eigenvalue weighted by Gasteiger charge is 2.15. The molecule has 3 rings (SSSR count). The molecule has 0 aliphatic carbocycles. The highest BCUT2D eigenvalue weighted by molar-refractivity contribution is 5.94. The number of fused-ring (bicyclic) bond motifs is 1. The summed E-state index contributed by atoms with van der Waals surface area (Å²) in [6.45, 7) is 3.44. The lowest BCUT2D eigenvalue weighted by atomic mass is 10.2. The molecular weight excluding hydrogens is 226 g/mol. The standard InChI is InChI=1S/C14H13N3O/c1-9-14(10(2)18)17-13(15-9)8-12(16-17)11-6-4-3-5-7-11/h3-8,15H,1-2H3. The number of ketones is 1. The maximum absolute atomic E-state index is 11.6. The van der Waals surface area contributed by atoms with Crippen LogP contribution in [0.15, 0.2) is 36.4 Å². The number of aryl methyl sites for hydroxylation is 1. The quantitative estimate of drug-likeness (QED) is 0.699. The van der Waals surface area contributed by atoms with Crippen LogP contribution in [0.5, 0.6) is 0 Å². The Balaban J connectivity index is 2.21. The van der Waals surface area contributed by atoms with E-state index >= 15 is 0 Å². The SMILES string of the molecule is CC(=O)c1c(C)[nH]c2cc(-c3ccccc3)nn12. The fraction of sp³-hybridized carbons (Fsp3) is 0.143. The number of imidazole rings is 1. The summed E-state index contributed by atoms with van der Waals surface area (Å²) in [6.07, 6.45) is 0. The largest absolute Gasteiger partial charge is 0.342 e. The van der Waals surface area contributed by atoms with E-state index in [-0.39, 0.29) is 5.78 Å². The molecule has 0 fully saturated rings. The Kier molecular flexibility index (Phi) is 2.30. The molecule has 4 heteroatoms. The van der Waals surface area contributed by atoms with Crippen LogP contribution < -0.4 is 0 Å². The Morgan fingerprint density at radius 2 is 2.00 bits per heavy atom. The van der Waals surface area contributed by atoms with Crippen molar-refractivity contribution in [1.82, 2.24) is 14.6 Å². The van der Waals surface area contributed by atoms with Crippen molar-refractivity contribution < 1.29 is 4.79 Å². The molecule has 0 spiro atoms. The number of Topliss-reactive ketones (excluding diaryl/α,β-unsaturated/α-hetero) is 1. The highest BCUT2D eigenvalue weighted by atomic mass is 16.1. The van der Waals surface area contributed by atoms with Crippen LogP contribution in [0, 0.1) is 6.92 Å². The van der Waals surface area contributed by atoms with Crippen molar-refractivity contribution in [2.24, 2.45) is 0 Å². The molecule has 0 bridgehead atoms. The van der Waals surface area contributed by atoms with Crippen molar-refractivity contribution >= 4 is 11.4 Å². The third kappa shape index (κ3) is 1.54. The van der Waals surface area contributed by atoms with E-state index in [0.29, 0.717) is 5.69 Å². The number of H-pyrrole nitrogens is 1. The van der Waals surface area contributed by atoms with Gasteiger partial charge in [-0.1, -0.05) is 30.3 Å². The molecule has 1 N–H and O–H groups in total. The summed E-state index contributed by atoms with van der Waals surface area (Å²) in [5, 5.41) is 4.49. The van der Waals surface area contributed by atoms with Crippen LogP contribution in [0.3, 0.4) is 0 Å². The summed E-state index contributed by atoms with van der Waals surface area (Å²) in [5.74, 6) is 0.0152. The minimum atomic E-state index is 0.0152. The van der Waals surface area contributed by atoms with E-state index in [2.05, 4.69) is 10.1 Å². The molecule has 4 nitrogen and oxygen atoms in total. The molecule has 0 aliphatic rings. The fourth-order valence-electron chi connectivity index (χ4n) is 2.21. The molecular formula is C14H13N3O. The second-order valence-corrected chi connectivity index (χ2v) is 4.35. The zero-order valence-electron chi connectivity index (χ0n) is 10.3. The van der Waals surface area contributed by atoms with E-state index in [1.807, 2.05) is 43.3 Å². The van der Waals surface area contributed by atoms with Gasteiger partial charge in [0.1, 0.15) is 11.3 Å². The van der Waals surface area contributed by atoms with Crippen LogP contribution in [-0.2, 0) is 0 Å². The molecule has 3 aromatic rings. The van der Waals surface area contributed by atoms with Gasteiger partial charge >= 0.3 is 0 Å². The predicted octanol–water partition coefficient (Wildman–Crippen LogP) is 2.84. The van der Waals surface area contributed by atoms with Crippen LogP contribution >= 0.6 is 0 Å². The molecule has 18 heavy (non-hydrogen) atoms. The van der Waals surface area contributed by atoms with Crippen molar-refractivity contribution in [2.75, 3.05) is 0 Å². The average molecular weight is 239 g/mol. The molecule has 2 heterocycles. The number of hydrogen-bond donors (Lipinski definition) is 1. The average Bonchev–Trinajstić information content (AvgIpc) is 2.85. The summed E-state index contributed by atoms with van der Waals surface area (Å²) >= 11 is 0. The second-order valence-electron chi connectivity index (χ2n) is 4.35. The van der Waals surface area contributed by atoms with Crippen LogP contribution in [0.1, 0.15) is 23.1 Å². The summed E-state index contributed by atoms with van der Waals surface area (Å²) in [6, 6.07) is 11.9. The number of benzene rings is 1. The third-order valence-electron chi connectivity index (χ3n) is 2.99. The normalized spacial score (nSPS) is 11.0. The van der Waals surface area contributed by atoms with E-state index in [1.54, 1.807) is 11.4 Å². The fourth-order valence-corrected chi connectivity index (χ4v) is 2.21. The molecule has 90 valence electrons. The Hall–Kier alpha value is -2.36. The smallest absolute Gasteiger partial charge is 0.180 e. The first-order chi connectivity index (χ1) is 8.66. The van der Waals surface area contributed by atoms with Gasteiger partial charge in [-0.2, -0.15) is 5.10 Å². The second kappa shape index (κ2) is 3.84. The lowest BCUT2D eigenvalue weighted by Crippen LogP contribution is -2.01. The van der Waals surface area contributed by atoms with E-state index in [1.165, 1.54) is 0 Å². The molecule has 0 radical (unpaired) electrons. The van der Waals surface area contributed by atoms with Crippen molar-refractivity contribution in [2.45, 2.75) is 13.8 Å². The van der Waals surface area contributed by atoms with Gasteiger partial charge < -0.3 is 4.98 Å². The van der Waals surface area contributed by atoms with Gasteiger partial charge in [0.15, 0.2) is 5.78 Å². The third-order valence-corrected chi connectivity index (χ3v) is 2.99. The number of carbonyl (C=O) groups excluding carboxylic acids is 1. The number of nitrogens with zero attached hydrogens (tertiary/aromatic N) is 2. The van der Waals surface area contributed by atoms with Crippen LogP contribution in [-0.4, -0.2) is 20.4 Å². The van der Waals surface area contributed by atoms with Gasteiger partial charge in [0.25, 0.3) is 0 Å². The molecule has 0 unspecified atom stereocenters. The summed E-state index contributed by atoms with van der Waals surface area (Å²) in [5.41, 5.74) is 4.22. The van der Waals surface area contributed by atoms with E-state index < -0.39 is 0 Å².